The molecule has 0 aromatic carbocycles. The topological polar surface area (TPSA) is 122 Å². The molecule has 0 aromatic heterocycles. The third kappa shape index (κ3) is 8.53. The minimum absolute atomic E-state index is 0.138. The van der Waals surface area contributed by atoms with Crippen molar-refractivity contribution in [3.05, 3.63) is 0 Å². The highest BCUT2D eigenvalue weighted by Gasteiger charge is 2.16. The van der Waals surface area contributed by atoms with Gasteiger partial charge in [0.15, 0.2) is 0 Å². The Morgan fingerprint density at radius 2 is 2.27 bits per heavy atom. The zero-order chi connectivity index (χ0) is 11.9. The average Bonchev–Trinajstić information content (AvgIpc) is 2.11. The van der Waals surface area contributed by atoms with Crippen molar-refractivity contribution in [2.75, 3.05) is 26.4 Å². The molecule has 0 bridgehead atoms. The normalized spacial score (nSPS) is 16.8. The van der Waals surface area contributed by atoms with Crippen molar-refractivity contribution in [3.63, 3.8) is 0 Å². The number of nitrogens with two attached hydrogens (primary N) is 1. The molecule has 1 amide bonds. The van der Waals surface area contributed by atoms with E-state index < -0.39 is 13.6 Å². The van der Waals surface area contributed by atoms with Gasteiger partial charge >= 0.3 is 7.60 Å². The van der Waals surface area contributed by atoms with Crippen LogP contribution in [-0.4, -0.2) is 48.4 Å². The molecule has 0 fully saturated rings. The van der Waals surface area contributed by atoms with Gasteiger partial charge in [-0.25, -0.2) is 0 Å². The van der Waals surface area contributed by atoms with E-state index in [9.17, 15) is 9.36 Å². The Kier molecular flexibility index (Phi) is 6.71. The van der Waals surface area contributed by atoms with E-state index in [1.165, 1.54) is 0 Å². The number of hydrogen-bond acceptors (Lipinski definition) is 5. The first-order chi connectivity index (χ1) is 6.89. The van der Waals surface area contributed by atoms with Gasteiger partial charge in [0, 0.05) is 19.6 Å². The summed E-state index contributed by atoms with van der Waals surface area (Å²) in [6.07, 6.45) is 0.138. The molecule has 5 N–H and O–H groups in total. The van der Waals surface area contributed by atoms with E-state index in [1.54, 1.807) is 0 Å². The highest BCUT2D eigenvalue weighted by Crippen LogP contribution is 2.36. The molecule has 0 aliphatic heterocycles. The number of hydrogen-bond donors (Lipinski definition) is 4. The summed E-state index contributed by atoms with van der Waals surface area (Å²) in [5.74, 6) is -0.330. The molecule has 0 rings (SSSR count). The molecule has 2 unspecified atom stereocenters. The van der Waals surface area contributed by atoms with Gasteiger partial charge in [0.1, 0.15) is 0 Å². The van der Waals surface area contributed by atoms with Crippen molar-refractivity contribution in [2.24, 2.45) is 5.73 Å². The van der Waals surface area contributed by atoms with Gasteiger partial charge in [0.25, 0.3) is 0 Å². The highest BCUT2D eigenvalue weighted by molar-refractivity contribution is 7.51. The van der Waals surface area contributed by atoms with Crippen LogP contribution in [0.25, 0.3) is 0 Å². The molecule has 0 aliphatic carbocycles. The van der Waals surface area contributed by atoms with Crippen LogP contribution in [0.4, 0.5) is 0 Å². The van der Waals surface area contributed by atoms with Crippen LogP contribution in [0.2, 0.25) is 0 Å². The third-order valence-electron chi connectivity index (χ3n) is 1.47. The summed E-state index contributed by atoms with van der Waals surface area (Å²) in [6, 6.07) is -0.690. The molecule has 15 heavy (non-hydrogen) atoms. The second kappa shape index (κ2) is 6.92. The van der Waals surface area contributed by atoms with Crippen LogP contribution in [0.5, 0.6) is 0 Å². The molecular formula is C7H17N2O5P. The first-order valence-corrected chi connectivity index (χ1v) is 6.46. The largest absolute Gasteiger partial charge is 0.394 e. The molecule has 0 heterocycles. The zero-order valence-electron chi connectivity index (χ0n) is 8.55. The van der Waals surface area contributed by atoms with Crippen LogP contribution in [-0.2, 0) is 13.9 Å². The van der Waals surface area contributed by atoms with Gasteiger partial charge in [0.05, 0.1) is 19.3 Å². The van der Waals surface area contributed by atoms with Crippen molar-refractivity contribution < 1.29 is 23.9 Å². The summed E-state index contributed by atoms with van der Waals surface area (Å²) in [6.45, 7) is 0.660. The van der Waals surface area contributed by atoms with Crippen LogP contribution < -0.4 is 11.1 Å². The Balaban J connectivity index is 3.93. The molecule has 2 atom stereocenters. The van der Waals surface area contributed by atoms with Crippen molar-refractivity contribution in [1.29, 1.82) is 0 Å². The predicted molar refractivity (Wildman–Crippen MR) is 54.4 cm³/mol. The van der Waals surface area contributed by atoms with Gasteiger partial charge in [-0.3, -0.25) is 9.36 Å². The number of rotatable bonds is 7. The number of aliphatic hydroxyl groups excluding tert-OH is 1. The lowest BCUT2D eigenvalue weighted by atomic mass is 10.3. The number of carbonyl (C=O) groups excluding carboxylic acids is 1. The fourth-order valence-corrected chi connectivity index (χ4v) is 1.26. The average molecular weight is 240 g/mol. The monoisotopic (exact) mass is 240 g/mol. The quantitative estimate of drug-likeness (QED) is 0.408. The van der Waals surface area contributed by atoms with Gasteiger partial charge in [-0.05, 0) is 0 Å². The first kappa shape index (κ1) is 14.5. The molecule has 0 saturated heterocycles. The van der Waals surface area contributed by atoms with Gasteiger partial charge in [-0.2, -0.15) is 0 Å². The molecule has 0 aromatic rings. The van der Waals surface area contributed by atoms with E-state index in [2.05, 4.69) is 9.84 Å². The predicted octanol–water partition coefficient (Wildman–Crippen LogP) is -1.36. The maximum Gasteiger partial charge on any atom is 0.325 e. The van der Waals surface area contributed by atoms with Crippen LogP contribution in [0.3, 0.4) is 0 Å². The summed E-state index contributed by atoms with van der Waals surface area (Å²) in [7, 11) is -3.58. The number of carbonyl (C=O) groups is 1. The Morgan fingerprint density at radius 3 is 2.67 bits per heavy atom. The molecule has 0 aliphatic rings. The fraction of sp³-hybridized carbons (Fsp3) is 0.857. The molecule has 0 radical (unpaired) electrons. The lowest BCUT2D eigenvalue weighted by Gasteiger charge is -2.17. The summed E-state index contributed by atoms with van der Waals surface area (Å²) >= 11 is 0. The molecule has 8 heteroatoms. The van der Waals surface area contributed by atoms with Crippen LogP contribution in [0.15, 0.2) is 0 Å². The smallest absolute Gasteiger partial charge is 0.325 e. The summed E-state index contributed by atoms with van der Waals surface area (Å²) in [5.41, 5.74) is 5.15. The number of aliphatic hydroxyl groups is 1. The standard InChI is InChI=1S/C7H17N2O5P/c1-15(12,13)14-5-6(4-10)9-7(11)2-3-8/h6,10H,2-5,8H2,1H3,(H,9,11)(H,12,13). The summed E-state index contributed by atoms with van der Waals surface area (Å²) < 4.78 is 15.3. The van der Waals surface area contributed by atoms with Crippen LogP contribution >= 0.6 is 7.60 Å². The van der Waals surface area contributed by atoms with E-state index in [4.69, 9.17) is 15.7 Å². The molecule has 90 valence electrons. The third-order valence-corrected chi connectivity index (χ3v) is 2.10. The van der Waals surface area contributed by atoms with E-state index in [0.29, 0.717) is 0 Å². The molecular weight excluding hydrogens is 223 g/mol. The Bertz CT molecular complexity index is 242. The van der Waals surface area contributed by atoms with E-state index in [0.717, 1.165) is 6.66 Å². The Morgan fingerprint density at radius 1 is 1.67 bits per heavy atom. The van der Waals surface area contributed by atoms with E-state index in [1.807, 2.05) is 0 Å². The second-order valence-corrected chi connectivity index (χ2v) is 4.95. The van der Waals surface area contributed by atoms with E-state index >= 15 is 0 Å². The first-order valence-electron chi connectivity index (χ1n) is 4.44. The SMILES string of the molecule is CP(=O)(O)OCC(CO)NC(=O)CCN. The highest BCUT2D eigenvalue weighted by atomic mass is 31.2. The maximum atomic E-state index is 11.0. The van der Waals surface area contributed by atoms with E-state index in [-0.39, 0.29) is 32.1 Å². The lowest BCUT2D eigenvalue weighted by Crippen LogP contribution is -2.41. The van der Waals surface area contributed by atoms with Gasteiger partial charge in [0.2, 0.25) is 5.91 Å². The Hall–Kier alpha value is -0.460. The van der Waals surface area contributed by atoms with Gasteiger partial charge in [-0.1, -0.05) is 0 Å². The minimum Gasteiger partial charge on any atom is -0.394 e. The lowest BCUT2D eigenvalue weighted by molar-refractivity contribution is -0.122. The zero-order valence-corrected chi connectivity index (χ0v) is 9.44. The maximum absolute atomic E-state index is 11.0. The summed E-state index contributed by atoms with van der Waals surface area (Å²) in [5, 5.41) is 11.3. The van der Waals surface area contributed by atoms with Crippen molar-refractivity contribution in [2.45, 2.75) is 12.5 Å². The minimum atomic E-state index is -3.58. The fourth-order valence-electron chi connectivity index (χ4n) is 0.799. The second-order valence-electron chi connectivity index (χ2n) is 3.08. The molecule has 0 spiro atoms. The van der Waals surface area contributed by atoms with Crippen molar-refractivity contribution in [1.82, 2.24) is 5.32 Å². The molecule has 0 saturated carbocycles. The van der Waals surface area contributed by atoms with Crippen molar-refractivity contribution >= 4 is 13.5 Å². The van der Waals surface area contributed by atoms with Crippen LogP contribution in [0, 0.1) is 0 Å². The number of nitrogens with one attached hydrogen (secondary N) is 1. The van der Waals surface area contributed by atoms with Gasteiger partial charge in [-0.15, -0.1) is 0 Å². The Labute approximate surface area is 88.1 Å². The molecule has 7 nitrogen and oxygen atoms in total. The number of amides is 1. The van der Waals surface area contributed by atoms with Crippen molar-refractivity contribution in [3.8, 4) is 0 Å². The summed E-state index contributed by atoms with van der Waals surface area (Å²) in [4.78, 5) is 19.9. The van der Waals surface area contributed by atoms with Gasteiger partial charge < -0.3 is 25.6 Å². The van der Waals surface area contributed by atoms with Crippen LogP contribution in [0.1, 0.15) is 6.42 Å².